The van der Waals surface area contributed by atoms with E-state index in [2.05, 4.69) is 322 Å². The second kappa shape index (κ2) is 29.5. The van der Waals surface area contributed by atoms with Crippen molar-refractivity contribution in [2.75, 3.05) is 0 Å². The van der Waals surface area contributed by atoms with Crippen molar-refractivity contribution in [1.82, 2.24) is 0 Å². The van der Waals surface area contributed by atoms with E-state index in [-0.39, 0.29) is 0 Å². The van der Waals surface area contributed by atoms with Gasteiger partial charge < -0.3 is 0 Å². The maximum Gasteiger partial charge on any atom is -0.0115 e. The Morgan fingerprint density at radius 3 is 0.677 bits per heavy atom. The first kappa shape index (κ1) is 75.6. The second-order valence-corrected chi connectivity index (χ2v) is 30.0. The molecule has 0 fully saturated rings. The van der Waals surface area contributed by atoms with E-state index in [4.69, 9.17) is 0 Å². The fraction of sp³-hybridized carbons (Fsp3) is 0.375. The zero-order chi connectivity index (χ0) is 72.2. The van der Waals surface area contributed by atoms with Gasteiger partial charge in [0.05, 0.1) is 0 Å². The van der Waals surface area contributed by atoms with E-state index in [1.165, 1.54) is 265 Å². The molecule has 0 unspecified atom stereocenters. The van der Waals surface area contributed by atoms with Gasteiger partial charge in [0.25, 0.3) is 0 Å². The summed E-state index contributed by atoms with van der Waals surface area (Å²) in [4.78, 5) is 0. The molecule has 12 aromatic rings. The van der Waals surface area contributed by atoms with Gasteiger partial charge in [-0.2, -0.15) is 0 Å². The summed E-state index contributed by atoms with van der Waals surface area (Å²) in [6, 6.07) is 27.8. The highest BCUT2D eigenvalue weighted by Crippen LogP contribution is 2.38. The van der Waals surface area contributed by atoms with Crippen molar-refractivity contribution in [3.05, 3.63) is 273 Å². The van der Waals surface area contributed by atoms with Crippen molar-refractivity contribution >= 4 is 64.6 Å². The van der Waals surface area contributed by atoms with Crippen molar-refractivity contribution in [2.45, 2.75) is 249 Å². The molecule has 0 saturated heterocycles. The molecule has 96 heavy (non-hydrogen) atoms. The van der Waals surface area contributed by atoms with Crippen LogP contribution in [0.1, 0.15) is 200 Å². The van der Waals surface area contributed by atoms with Crippen molar-refractivity contribution < 1.29 is 0 Å². The lowest BCUT2D eigenvalue weighted by atomic mass is 9.89. The first-order valence-corrected chi connectivity index (χ1v) is 35.4. The quantitative estimate of drug-likeness (QED) is 0.142. The van der Waals surface area contributed by atoms with E-state index in [9.17, 15) is 0 Å². The molecule has 0 aliphatic rings. The number of hydrogen-bond acceptors (Lipinski definition) is 0. The Hall–Kier alpha value is -7.80. The zero-order valence-corrected chi connectivity index (χ0v) is 66.9. The second-order valence-electron chi connectivity index (χ2n) is 30.0. The molecule has 0 heteroatoms. The van der Waals surface area contributed by atoms with Crippen LogP contribution in [0, 0.1) is 249 Å². The van der Waals surface area contributed by atoms with Crippen LogP contribution in [0.15, 0.2) is 72.8 Å². The van der Waals surface area contributed by atoms with Gasteiger partial charge in [0, 0.05) is 0 Å². The van der Waals surface area contributed by atoms with Crippen LogP contribution in [0.4, 0.5) is 0 Å². The molecular weight excluding hydrogens is 1150 g/mol. The molecule has 0 heterocycles. The lowest BCUT2D eigenvalue weighted by Crippen LogP contribution is -1.95. The van der Waals surface area contributed by atoms with Gasteiger partial charge in [0.2, 0.25) is 0 Å². The molecule has 0 aromatic heterocycles. The number of rotatable bonds is 0. The van der Waals surface area contributed by atoms with Crippen LogP contribution in [0.5, 0.6) is 0 Å². The molecule has 0 aliphatic carbocycles. The van der Waals surface area contributed by atoms with Crippen molar-refractivity contribution in [3.8, 4) is 0 Å². The molecule has 12 aromatic carbocycles. The van der Waals surface area contributed by atoms with Crippen LogP contribution in [-0.2, 0) is 0 Å². The summed E-state index contributed by atoms with van der Waals surface area (Å²) in [6.07, 6.45) is 0. The number of benzene rings is 12. The van der Waals surface area contributed by atoms with E-state index >= 15 is 0 Å². The molecule has 0 N–H and O–H groups in total. The first-order chi connectivity index (χ1) is 44.6. The highest BCUT2D eigenvalue weighted by Gasteiger charge is 2.17. The third-order valence-electron chi connectivity index (χ3n) is 23.9. The van der Waals surface area contributed by atoms with E-state index in [0.29, 0.717) is 0 Å². The zero-order valence-electron chi connectivity index (χ0n) is 66.9. The summed E-state index contributed by atoms with van der Waals surface area (Å²) >= 11 is 0. The summed E-state index contributed by atoms with van der Waals surface area (Å²) in [5.74, 6) is 0. The maximum atomic E-state index is 2.34. The normalized spacial score (nSPS) is 11.1. The third-order valence-corrected chi connectivity index (χ3v) is 23.9. The fourth-order valence-corrected chi connectivity index (χ4v) is 15.7. The molecule has 0 nitrogen and oxygen atoms in total. The fourth-order valence-electron chi connectivity index (χ4n) is 15.7. The van der Waals surface area contributed by atoms with Gasteiger partial charge in [-0.1, -0.05) is 72.8 Å². The van der Waals surface area contributed by atoms with Gasteiger partial charge in [-0.3, -0.25) is 0 Å². The third kappa shape index (κ3) is 14.4. The Kier molecular flexibility index (Phi) is 23.2. The molecule has 504 valence electrons. The van der Waals surface area contributed by atoms with Gasteiger partial charge in [-0.25, -0.2) is 0 Å². The lowest BCUT2D eigenvalue weighted by Gasteiger charge is -2.16. The summed E-state index contributed by atoms with van der Waals surface area (Å²) in [6.45, 7) is 79.9. The molecule has 0 spiro atoms. The number of hydrogen-bond donors (Lipinski definition) is 0. The summed E-state index contributed by atoms with van der Waals surface area (Å²) in [7, 11) is 0. The SMILES string of the molecule is Cc1cc(C)c2c(C)c(C)cc(C)c2c1C.Cc1cc(C)c2c(C)cc(C)c(C)c2c1C.Cc1cc2c(C)c(C)c(C)cc2c(C)c1C.Cc1cc2c(C)c(C)cc(C)c2c(C)c1C.Cc1cc2c(C)cc(C)c(C)c2c(C)c1C.Cc1cc2cc(C)c(C)c(C)c2c(C)c1C. The van der Waals surface area contributed by atoms with Gasteiger partial charge >= 0.3 is 0 Å². The molecular formula is C96H120. The smallest absolute Gasteiger partial charge is 0.0115 e. The van der Waals surface area contributed by atoms with E-state index < -0.39 is 0 Å². The highest BCUT2D eigenvalue weighted by atomic mass is 14.2. The minimum atomic E-state index is 1.39. The van der Waals surface area contributed by atoms with Crippen LogP contribution >= 0.6 is 0 Å². The highest BCUT2D eigenvalue weighted by molar-refractivity contribution is 5.98. The van der Waals surface area contributed by atoms with Gasteiger partial charge in [-0.15, -0.1) is 0 Å². The number of fused-ring (bicyclic) bond motifs is 6. The van der Waals surface area contributed by atoms with Crippen LogP contribution < -0.4 is 0 Å². The predicted octanol–water partition coefficient (Wildman–Crippen LogP) is 28.1. The maximum absolute atomic E-state index is 2.34. The molecule has 0 saturated carbocycles. The molecule has 12 rings (SSSR count). The monoisotopic (exact) mass is 1270 g/mol. The van der Waals surface area contributed by atoms with Gasteiger partial charge in [0.1, 0.15) is 0 Å². The van der Waals surface area contributed by atoms with Crippen molar-refractivity contribution in [1.29, 1.82) is 0 Å². The van der Waals surface area contributed by atoms with Gasteiger partial charge in [-0.05, 0) is 514 Å². The Bertz CT molecular complexity index is 4840. The molecule has 0 aliphatic heterocycles. The Morgan fingerprint density at radius 2 is 0.323 bits per heavy atom. The lowest BCUT2D eigenvalue weighted by molar-refractivity contribution is 1.25. The predicted molar refractivity (Wildman–Crippen MR) is 434 cm³/mol. The Labute approximate surface area is 583 Å². The first-order valence-electron chi connectivity index (χ1n) is 35.4. The minimum absolute atomic E-state index is 1.39. The summed E-state index contributed by atoms with van der Waals surface area (Å²) in [5.41, 5.74) is 51.0. The van der Waals surface area contributed by atoms with Crippen molar-refractivity contribution in [2.24, 2.45) is 0 Å². The minimum Gasteiger partial charge on any atom is -0.0555 e. The standard InChI is InChI=1S/6C16H20/c1-9-7-15-14(6)12(4)10(2)8-16(15)13(5)11(9)3;1-9-7-15-8-10(2)12(4)14(6)16(15)13(5)11(9)3;1-9-7-11(3)16-14(6)12(4)10(2)8-15(16)13(9)5;1-9-7-11(3)15-8-10(2)12(4)14(6)16(15)13(9)5;1-9-7-11(3)16-14(6)10(2)8-12(4)15(16)13(9)5;1-9-7-11(3)15-12(4)8-10(2)14(6)16(15)13(9)5/h6*7-8H,1-6H3. The molecule has 0 atom stereocenters. The van der Waals surface area contributed by atoms with E-state index in [1.54, 1.807) is 0 Å². The van der Waals surface area contributed by atoms with E-state index in [0.717, 1.165) is 0 Å². The average molecular weight is 1270 g/mol. The Balaban J connectivity index is 0.000000163. The van der Waals surface area contributed by atoms with E-state index in [1.807, 2.05) is 0 Å². The average Bonchev–Trinajstić information content (AvgIpc) is 0.798. The van der Waals surface area contributed by atoms with Crippen LogP contribution in [0.25, 0.3) is 64.6 Å². The van der Waals surface area contributed by atoms with Crippen LogP contribution in [0.3, 0.4) is 0 Å². The van der Waals surface area contributed by atoms with Gasteiger partial charge in [0.15, 0.2) is 0 Å². The Morgan fingerprint density at radius 1 is 0.104 bits per heavy atom. The topological polar surface area (TPSA) is 0 Å². The molecule has 0 amide bonds. The molecule has 0 bridgehead atoms. The summed E-state index contributed by atoms with van der Waals surface area (Å²) in [5, 5.41) is 17.3. The summed E-state index contributed by atoms with van der Waals surface area (Å²) < 4.78 is 0. The van der Waals surface area contributed by atoms with Crippen LogP contribution in [-0.4, -0.2) is 0 Å². The molecule has 0 radical (unpaired) electrons. The van der Waals surface area contributed by atoms with Crippen molar-refractivity contribution in [3.63, 3.8) is 0 Å². The largest absolute Gasteiger partial charge is 0.0555 e. The van der Waals surface area contributed by atoms with Crippen LogP contribution in [0.2, 0.25) is 0 Å². The number of aryl methyl sites for hydroxylation is 30.